The van der Waals surface area contributed by atoms with E-state index < -0.39 is 5.97 Å². The first-order valence-electron chi connectivity index (χ1n) is 5.24. The number of likely N-dealkylation sites (N-methyl/N-ethyl adjacent to an activating group) is 1. The molecular weight excluding hydrogens is 204 g/mol. The largest absolute Gasteiger partial charge is 0.478 e. The zero-order valence-electron chi connectivity index (χ0n) is 9.90. The molecule has 0 bridgehead atoms. The highest BCUT2D eigenvalue weighted by molar-refractivity contribution is 5.87. The van der Waals surface area contributed by atoms with Crippen molar-refractivity contribution in [1.82, 2.24) is 4.90 Å². The van der Waals surface area contributed by atoms with Crippen LogP contribution in [0.15, 0.2) is 24.3 Å². The number of carbonyl (C=O) groups is 1. The van der Waals surface area contributed by atoms with E-state index in [1.165, 1.54) is 0 Å². The van der Waals surface area contributed by atoms with Crippen LogP contribution < -0.4 is 5.32 Å². The van der Waals surface area contributed by atoms with Gasteiger partial charge in [0.05, 0.1) is 5.56 Å². The second-order valence-corrected chi connectivity index (χ2v) is 4.08. The topological polar surface area (TPSA) is 52.6 Å². The molecule has 1 atom stereocenters. The van der Waals surface area contributed by atoms with Crippen molar-refractivity contribution >= 4 is 11.7 Å². The molecule has 0 radical (unpaired) electrons. The molecule has 16 heavy (non-hydrogen) atoms. The maximum atomic E-state index is 10.6. The summed E-state index contributed by atoms with van der Waals surface area (Å²) in [6, 6.07) is 7.20. The van der Waals surface area contributed by atoms with E-state index >= 15 is 0 Å². The molecule has 0 amide bonds. The molecule has 1 aromatic carbocycles. The Balaban J connectivity index is 2.53. The minimum absolute atomic E-state index is 0.311. The lowest BCUT2D eigenvalue weighted by Crippen LogP contribution is -2.31. The highest BCUT2D eigenvalue weighted by Crippen LogP contribution is 2.09. The summed E-state index contributed by atoms with van der Waals surface area (Å²) in [5.74, 6) is -0.895. The monoisotopic (exact) mass is 222 g/mol. The molecule has 1 unspecified atom stereocenters. The van der Waals surface area contributed by atoms with Gasteiger partial charge in [0, 0.05) is 18.3 Å². The Bertz CT molecular complexity index is 347. The van der Waals surface area contributed by atoms with E-state index in [-0.39, 0.29) is 0 Å². The summed E-state index contributed by atoms with van der Waals surface area (Å²) >= 11 is 0. The number of aromatic carboxylic acids is 1. The number of anilines is 1. The van der Waals surface area contributed by atoms with Gasteiger partial charge in [0.2, 0.25) is 0 Å². The number of benzene rings is 1. The molecule has 0 saturated heterocycles. The van der Waals surface area contributed by atoms with Gasteiger partial charge in [-0.1, -0.05) is 0 Å². The molecule has 4 nitrogen and oxygen atoms in total. The van der Waals surface area contributed by atoms with E-state index in [1.807, 2.05) is 14.1 Å². The minimum atomic E-state index is -0.895. The van der Waals surface area contributed by atoms with Crippen molar-refractivity contribution in [1.29, 1.82) is 0 Å². The van der Waals surface area contributed by atoms with Crippen LogP contribution in [-0.2, 0) is 0 Å². The summed E-state index contributed by atoms with van der Waals surface area (Å²) in [7, 11) is 4.06. The Labute approximate surface area is 95.9 Å². The molecule has 0 heterocycles. The number of nitrogens with zero attached hydrogens (tertiary/aromatic N) is 1. The highest BCUT2D eigenvalue weighted by Gasteiger charge is 2.04. The molecule has 0 aromatic heterocycles. The molecule has 88 valence electrons. The van der Waals surface area contributed by atoms with Gasteiger partial charge in [0.25, 0.3) is 0 Å². The van der Waals surface area contributed by atoms with Crippen LogP contribution in [0.2, 0.25) is 0 Å². The van der Waals surface area contributed by atoms with Crippen LogP contribution in [0.5, 0.6) is 0 Å². The maximum absolute atomic E-state index is 10.6. The second-order valence-electron chi connectivity index (χ2n) is 4.08. The van der Waals surface area contributed by atoms with E-state index in [0.717, 1.165) is 12.2 Å². The Morgan fingerprint density at radius 1 is 1.38 bits per heavy atom. The van der Waals surface area contributed by atoms with Gasteiger partial charge >= 0.3 is 5.97 Å². The van der Waals surface area contributed by atoms with Crippen molar-refractivity contribution in [3.63, 3.8) is 0 Å². The standard InChI is InChI=1S/C12H18N2O2/c1-9(14(2)3)8-13-11-6-4-10(5-7-11)12(15)16/h4-7,9,13H,8H2,1-3H3,(H,15,16). The number of hydrogen-bond acceptors (Lipinski definition) is 3. The number of hydrogen-bond donors (Lipinski definition) is 2. The van der Waals surface area contributed by atoms with Crippen molar-refractivity contribution in [2.45, 2.75) is 13.0 Å². The van der Waals surface area contributed by atoms with Crippen molar-refractivity contribution < 1.29 is 9.90 Å². The predicted molar refractivity (Wildman–Crippen MR) is 65.0 cm³/mol. The van der Waals surface area contributed by atoms with Gasteiger partial charge in [-0.3, -0.25) is 0 Å². The average molecular weight is 222 g/mol. The van der Waals surface area contributed by atoms with E-state index in [4.69, 9.17) is 5.11 Å². The summed E-state index contributed by atoms with van der Waals surface area (Å²) in [6.07, 6.45) is 0. The van der Waals surface area contributed by atoms with Gasteiger partial charge in [-0.2, -0.15) is 0 Å². The van der Waals surface area contributed by atoms with E-state index in [9.17, 15) is 4.79 Å². The molecule has 0 fully saturated rings. The van der Waals surface area contributed by atoms with Crippen LogP contribution in [0.25, 0.3) is 0 Å². The number of nitrogens with one attached hydrogen (secondary N) is 1. The van der Waals surface area contributed by atoms with Gasteiger partial charge in [-0.05, 0) is 45.3 Å². The zero-order valence-corrected chi connectivity index (χ0v) is 9.90. The molecular formula is C12H18N2O2. The van der Waals surface area contributed by atoms with Crippen molar-refractivity contribution in [2.24, 2.45) is 0 Å². The quantitative estimate of drug-likeness (QED) is 0.797. The van der Waals surface area contributed by atoms with Crippen molar-refractivity contribution in [3.8, 4) is 0 Å². The normalized spacial score (nSPS) is 12.5. The predicted octanol–water partition coefficient (Wildman–Crippen LogP) is 1.75. The SMILES string of the molecule is CC(CNc1ccc(C(=O)O)cc1)N(C)C. The number of rotatable bonds is 5. The third-order valence-corrected chi connectivity index (χ3v) is 2.61. The van der Waals surface area contributed by atoms with Gasteiger partial charge in [-0.25, -0.2) is 4.79 Å². The summed E-state index contributed by atoms with van der Waals surface area (Å²) in [5.41, 5.74) is 1.25. The van der Waals surface area contributed by atoms with Crippen LogP contribution in [-0.4, -0.2) is 42.7 Å². The Morgan fingerprint density at radius 2 is 1.94 bits per heavy atom. The molecule has 4 heteroatoms. The van der Waals surface area contributed by atoms with Gasteiger partial charge in [0.15, 0.2) is 0 Å². The number of carboxylic acids is 1. The summed E-state index contributed by atoms with van der Waals surface area (Å²) in [4.78, 5) is 12.8. The lowest BCUT2D eigenvalue weighted by molar-refractivity contribution is 0.0697. The van der Waals surface area contributed by atoms with Crippen LogP contribution >= 0.6 is 0 Å². The average Bonchev–Trinajstić information content (AvgIpc) is 2.26. The first-order chi connectivity index (χ1) is 7.50. The summed E-state index contributed by atoms with van der Waals surface area (Å²) in [6.45, 7) is 2.96. The first kappa shape index (κ1) is 12.5. The molecule has 0 aliphatic heterocycles. The van der Waals surface area contributed by atoms with Gasteiger partial charge < -0.3 is 15.3 Å². The smallest absolute Gasteiger partial charge is 0.335 e. The molecule has 0 aliphatic carbocycles. The van der Waals surface area contributed by atoms with E-state index in [2.05, 4.69) is 17.1 Å². The molecule has 1 aromatic rings. The van der Waals surface area contributed by atoms with Crippen molar-refractivity contribution in [3.05, 3.63) is 29.8 Å². The Hall–Kier alpha value is -1.55. The fourth-order valence-corrected chi connectivity index (χ4v) is 1.18. The van der Waals surface area contributed by atoms with Crippen LogP contribution in [0.3, 0.4) is 0 Å². The first-order valence-corrected chi connectivity index (χ1v) is 5.24. The molecule has 2 N–H and O–H groups in total. The van der Waals surface area contributed by atoms with Crippen LogP contribution in [0.1, 0.15) is 17.3 Å². The van der Waals surface area contributed by atoms with Crippen LogP contribution in [0, 0.1) is 0 Å². The molecule has 1 rings (SSSR count). The van der Waals surface area contributed by atoms with Crippen LogP contribution in [0.4, 0.5) is 5.69 Å². The number of carboxylic acid groups (broad SMARTS) is 1. The van der Waals surface area contributed by atoms with E-state index in [0.29, 0.717) is 11.6 Å². The third kappa shape index (κ3) is 3.55. The van der Waals surface area contributed by atoms with Crippen molar-refractivity contribution in [2.75, 3.05) is 26.0 Å². The molecule has 0 saturated carbocycles. The molecule has 0 spiro atoms. The highest BCUT2D eigenvalue weighted by atomic mass is 16.4. The molecule has 0 aliphatic rings. The lowest BCUT2D eigenvalue weighted by atomic mass is 10.2. The maximum Gasteiger partial charge on any atom is 0.335 e. The Kier molecular flexibility index (Phi) is 4.31. The Morgan fingerprint density at radius 3 is 2.38 bits per heavy atom. The summed E-state index contributed by atoms with van der Waals surface area (Å²) < 4.78 is 0. The lowest BCUT2D eigenvalue weighted by Gasteiger charge is -2.20. The van der Waals surface area contributed by atoms with Gasteiger partial charge in [-0.15, -0.1) is 0 Å². The van der Waals surface area contributed by atoms with E-state index in [1.54, 1.807) is 24.3 Å². The van der Waals surface area contributed by atoms with Gasteiger partial charge in [0.1, 0.15) is 0 Å². The zero-order chi connectivity index (χ0) is 12.1. The third-order valence-electron chi connectivity index (χ3n) is 2.61. The minimum Gasteiger partial charge on any atom is -0.478 e. The fourth-order valence-electron chi connectivity index (χ4n) is 1.18. The summed E-state index contributed by atoms with van der Waals surface area (Å²) in [5, 5.41) is 12.0. The fraction of sp³-hybridized carbons (Fsp3) is 0.417. The second kappa shape index (κ2) is 5.51.